The van der Waals surface area contributed by atoms with Gasteiger partial charge in [0.05, 0.1) is 4.92 Å². The number of nitrogens with one attached hydrogen (secondary N) is 2. The Morgan fingerprint density at radius 3 is 2.47 bits per heavy atom. The van der Waals surface area contributed by atoms with Crippen LogP contribution in [-0.2, 0) is 0 Å². The second kappa shape index (κ2) is 5.03. The lowest BCUT2D eigenvalue weighted by atomic mass is 10.2. The van der Waals surface area contributed by atoms with Gasteiger partial charge in [-0.1, -0.05) is 12.8 Å². The van der Waals surface area contributed by atoms with Gasteiger partial charge in [0.25, 0.3) is 5.69 Å². The molecule has 1 aromatic carbocycles. The topological polar surface area (TPSA) is 67.2 Å². The van der Waals surface area contributed by atoms with Crippen molar-refractivity contribution in [2.24, 2.45) is 0 Å². The summed E-state index contributed by atoms with van der Waals surface area (Å²) in [6.45, 7) is 0. The Hall–Kier alpha value is -1.78. The molecule has 5 heteroatoms. The predicted molar refractivity (Wildman–Crippen MR) is 68.5 cm³/mol. The van der Waals surface area contributed by atoms with Crippen molar-refractivity contribution in [3.05, 3.63) is 28.3 Å². The standard InChI is InChI=1S/C12H17N3O2/c1-13-10-6-11(8-12(7-10)15(16)17)14-9-4-2-3-5-9/h6-9,13-14H,2-5H2,1H3. The SMILES string of the molecule is CNc1cc(NC2CCCC2)cc([N+](=O)[O-])c1. The maximum atomic E-state index is 10.8. The van der Waals surface area contributed by atoms with Gasteiger partial charge in [-0.25, -0.2) is 0 Å². The van der Waals surface area contributed by atoms with Crippen LogP contribution in [0.4, 0.5) is 17.1 Å². The zero-order chi connectivity index (χ0) is 12.3. The Labute approximate surface area is 100 Å². The van der Waals surface area contributed by atoms with Crippen LogP contribution >= 0.6 is 0 Å². The van der Waals surface area contributed by atoms with Gasteiger partial charge in [-0.3, -0.25) is 10.1 Å². The maximum Gasteiger partial charge on any atom is 0.273 e. The van der Waals surface area contributed by atoms with Crippen molar-refractivity contribution in [2.45, 2.75) is 31.7 Å². The Kier molecular flexibility index (Phi) is 3.46. The van der Waals surface area contributed by atoms with Gasteiger partial charge in [-0.05, 0) is 18.9 Å². The summed E-state index contributed by atoms with van der Waals surface area (Å²) in [5.74, 6) is 0. The van der Waals surface area contributed by atoms with Crippen molar-refractivity contribution < 1.29 is 4.92 Å². The second-order valence-corrected chi connectivity index (χ2v) is 4.40. The predicted octanol–water partition coefficient (Wildman–Crippen LogP) is 2.99. The molecule has 1 saturated carbocycles. The number of hydrogen-bond acceptors (Lipinski definition) is 4. The molecule has 0 spiro atoms. The van der Waals surface area contributed by atoms with E-state index in [4.69, 9.17) is 0 Å². The van der Waals surface area contributed by atoms with Gasteiger partial charge >= 0.3 is 0 Å². The summed E-state index contributed by atoms with van der Waals surface area (Å²) in [7, 11) is 1.76. The Morgan fingerprint density at radius 1 is 1.24 bits per heavy atom. The number of nitro benzene ring substituents is 1. The zero-order valence-electron chi connectivity index (χ0n) is 9.90. The molecule has 2 rings (SSSR count). The molecular weight excluding hydrogens is 218 g/mol. The summed E-state index contributed by atoms with van der Waals surface area (Å²) in [6, 6.07) is 5.51. The maximum absolute atomic E-state index is 10.8. The first-order valence-electron chi connectivity index (χ1n) is 5.93. The van der Waals surface area contributed by atoms with E-state index in [1.807, 2.05) is 6.07 Å². The van der Waals surface area contributed by atoms with E-state index in [-0.39, 0.29) is 10.6 Å². The van der Waals surface area contributed by atoms with Crippen LogP contribution in [0.2, 0.25) is 0 Å². The van der Waals surface area contributed by atoms with Gasteiger partial charge in [0.15, 0.2) is 0 Å². The molecule has 1 aromatic rings. The van der Waals surface area contributed by atoms with Crippen LogP contribution in [-0.4, -0.2) is 18.0 Å². The first-order valence-corrected chi connectivity index (χ1v) is 5.93. The van der Waals surface area contributed by atoms with E-state index >= 15 is 0 Å². The zero-order valence-corrected chi connectivity index (χ0v) is 9.90. The normalized spacial score (nSPS) is 15.8. The minimum atomic E-state index is -0.360. The Morgan fingerprint density at radius 2 is 1.88 bits per heavy atom. The monoisotopic (exact) mass is 235 g/mol. The van der Waals surface area contributed by atoms with Crippen molar-refractivity contribution >= 4 is 17.1 Å². The van der Waals surface area contributed by atoms with Crippen LogP contribution in [0.1, 0.15) is 25.7 Å². The van der Waals surface area contributed by atoms with E-state index in [1.54, 1.807) is 19.2 Å². The number of non-ortho nitro benzene ring substituents is 1. The highest BCUT2D eigenvalue weighted by molar-refractivity contribution is 5.63. The van der Waals surface area contributed by atoms with Crippen LogP contribution in [0, 0.1) is 10.1 Å². The van der Waals surface area contributed by atoms with Crippen LogP contribution in [0.3, 0.4) is 0 Å². The van der Waals surface area contributed by atoms with E-state index in [9.17, 15) is 10.1 Å². The lowest BCUT2D eigenvalue weighted by Gasteiger charge is -2.14. The molecule has 0 aliphatic heterocycles. The number of nitro groups is 1. The van der Waals surface area contributed by atoms with Gasteiger partial charge in [0, 0.05) is 36.6 Å². The lowest BCUT2D eigenvalue weighted by molar-refractivity contribution is -0.384. The second-order valence-electron chi connectivity index (χ2n) is 4.40. The third-order valence-corrected chi connectivity index (χ3v) is 3.14. The molecule has 0 amide bonds. The van der Waals surface area contributed by atoms with Crippen LogP contribution in [0.25, 0.3) is 0 Å². The van der Waals surface area contributed by atoms with Gasteiger partial charge in [0.2, 0.25) is 0 Å². The van der Waals surface area contributed by atoms with Crippen LogP contribution < -0.4 is 10.6 Å². The third-order valence-electron chi connectivity index (χ3n) is 3.14. The number of hydrogen-bond donors (Lipinski definition) is 2. The van der Waals surface area contributed by atoms with Crippen molar-refractivity contribution in [1.82, 2.24) is 0 Å². The molecule has 2 N–H and O–H groups in total. The first kappa shape index (κ1) is 11.7. The van der Waals surface area contributed by atoms with E-state index in [2.05, 4.69) is 10.6 Å². The molecule has 1 aliphatic carbocycles. The summed E-state index contributed by atoms with van der Waals surface area (Å²) < 4.78 is 0. The highest BCUT2D eigenvalue weighted by Crippen LogP contribution is 2.27. The summed E-state index contributed by atoms with van der Waals surface area (Å²) in [6.07, 6.45) is 4.78. The van der Waals surface area contributed by atoms with Crippen molar-refractivity contribution in [1.29, 1.82) is 0 Å². The summed E-state index contributed by atoms with van der Waals surface area (Å²) in [5, 5.41) is 17.1. The number of rotatable bonds is 4. The summed E-state index contributed by atoms with van der Waals surface area (Å²) in [5.41, 5.74) is 1.72. The molecule has 0 unspecified atom stereocenters. The highest BCUT2D eigenvalue weighted by atomic mass is 16.6. The molecular formula is C12H17N3O2. The molecule has 1 fully saturated rings. The first-order chi connectivity index (χ1) is 8.19. The average Bonchev–Trinajstić information content (AvgIpc) is 2.81. The summed E-state index contributed by atoms with van der Waals surface area (Å²) in [4.78, 5) is 10.4. The Bertz CT molecular complexity index is 414. The molecule has 5 nitrogen and oxygen atoms in total. The summed E-state index contributed by atoms with van der Waals surface area (Å²) >= 11 is 0. The van der Waals surface area contributed by atoms with Crippen molar-refractivity contribution in [3.8, 4) is 0 Å². The van der Waals surface area contributed by atoms with E-state index < -0.39 is 0 Å². The van der Waals surface area contributed by atoms with E-state index in [0.717, 1.165) is 24.2 Å². The smallest absolute Gasteiger partial charge is 0.273 e. The minimum Gasteiger partial charge on any atom is -0.388 e. The molecule has 0 radical (unpaired) electrons. The fourth-order valence-electron chi connectivity index (χ4n) is 2.25. The molecule has 92 valence electrons. The third kappa shape index (κ3) is 2.87. The fourth-order valence-corrected chi connectivity index (χ4v) is 2.25. The molecule has 0 aromatic heterocycles. The fraction of sp³-hybridized carbons (Fsp3) is 0.500. The number of anilines is 2. The van der Waals surface area contributed by atoms with E-state index in [0.29, 0.717) is 6.04 Å². The van der Waals surface area contributed by atoms with Crippen molar-refractivity contribution in [2.75, 3.05) is 17.7 Å². The van der Waals surface area contributed by atoms with Gasteiger partial charge in [-0.2, -0.15) is 0 Å². The van der Waals surface area contributed by atoms with Crippen LogP contribution in [0.15, 0.2) is 18.2 Å². The van der Waals surface area contributed by atoms with Gasteiger partial charge in [0.1, 0.15) is 0 Å². The minimum absolute atomic E-state index is 0.123. The molecule has 0 atom stereocenters. The van der Waals surface area contributed by atoms with Gasteiger partial charge in [-0.15, -0.1) is 0 Å². The Balaban J connectivity index is 2.19. The van der Waals surface area contributed by atoms with Gasteiger partial charge < -0.3 is 10.6 Å². The quantitative estimate of drug-likeness (QED) is 0.622. The average molecular weight is 235 g/mol. The highest BCUT2D eigenvalue weighted by Gasteiger charge is 2.16. The molecule has 1 aliphatic rings. The number of benzene rings is 1. The number of nitrogens with zero attached hydrogens (tertiary/aromatic N) is 1. The lowest BCUT2D eigenvalue weighted by Crippen LogP contribution is -2.14. The molecule has 17 heavy (non-hydrogen) atoms. The largest absolute Gasteiger partial charge is 0.388 e. The molecule has 0 saturated heterocycles. The van der Waals surface area contributed by atoms with Crippen molar-refractivity contribution in [3.63, 3.8) is 0 Å². The molecule has 0 heterocycles. The molecule has 0 bridgehead atoms. The van der Waals surface area contributed by atoms with Crippen LogP contribution in [0.5, 0.6) is 0 Å². The van der Waals surface area contributed by atoms with E-state index in [1.165, 1.54) is 12.8 Å².